The quantitative estimate of drug-likeness (QED) is 0.663. The lowest BCUT2D eigenvalue weighted by Crippen LogP contribution is -2.44. The minimum Gasteiger partial charge on any atom is -0.249 e. The molecule has 0 amide bonds. The number of hydrogen-bond acceptors (Lipinski definition) is 5. The Kier molecular flexibility index (Phi) is 6.08. The predicted molar refractivity (Wildman–Crippen MR) is 115 cm³/mol. The van der Waals surface area contributed by atoms with Crippen LogP contribution in [0.15, 0.2) is 12.1 Å². The zero-order valence-corrected chi connectivity index (χ0v) is 18.6. The van der Waals surface area contributed by atoms with Gasteiger partial charge >= 0.3 is 13.9 Å². The molecule has 3 fully saturated rings. The van der Waals surface area contributed by atoms with Crippen molar-refractivity contribution >= 4 is 13.9 Å². The molecule has 0 atom stereocenters. The Morgan fingerprint density at radius 3 is 1.46 bits per heavy atom. The van der Waals surface area contributed by atoms with Crippen LogP contribution in [0.2, 0.25) is 0 Å². The maximum absolute atomic E-state index is 13.6. The molecule has 0 radical (unpaired) electrons. The van der Waals surface area contributed by atoms with E-state index >= 15 is 0 Å². The molecule has 0 N–H and O–H groups in total. The number of carbonyl (C=O) groups excluding carboxylic acids is 1. The van der Waals surface area contributed by atoms with Crippen molar-refractivity contribution in [2.24, 2.45) is 0 Å². The summed E-state index contributed by atoms with van der Waals surface area (Å²) in [7, 11) is -2.26. The van der Waals surface area contributed by atoms with Crippen LogP contribution >= 0.6 is 7.94 Å². The van der Waals surface area contributed by atoms with Gasteiger partial charge in [0.2, 0.25) is 0 Å². The van der Waals surface area contributed by atoms with E-state index in [1.165, 1.54) is 44.1 Å². The smallest absolute Gasteiger partial charge is 0.249 e. The SMILES string of the molecule is Cc1cc(C)c(C(=O)O[P+](N2CCCC2)(N2CCCC2)N2CCCC2)c(C)c1. The second-order valence-corrected chi connectivity index (χ2v) is 11.6. The van der Waals surface area contributed by atoms with Gasteiger partial charge in [-0.1, -0.05) is 17.7 Å². The highest BCUT2D eigenvalue weighted by atomic mass is 31.2. The topological polar surface area (TPSA) is 36.0 Å². The molecule has 1 aromatic rings. The Balaban J connectivity index is 1.73. The van der Waals surface area contributed by atoms with Gasteiger partial charge in [-0.15, -0.1) is 14.0 Å². The summed E-state index contributed by atoms with van der Waals surface area (Å²) in [6.45, 7) is 12.5. The van der Waals surface area contributed by atoms with Gasteiger partial charge in [-0.05, 0) is 70.4 Å². The number of hydrogen-bond donors (Lipinski definition) is 0. The average Bonchev–Trinajstić information content (AvgIpc) is 3.43. The van der Waals surface area contributed by atoms with E-state index in [2.05, 4.69) is 33.1 Å². The van der Waals surface area contributed by atoms with Gasteiger partial charge in [0.15, 0.2) is 0 Å². The first-order valence-electron chi connectivity index (χ1n) is 11.0. The number of aryl methyl sites for hydroxylation is 3. The Labute approximate surface area is 170 Å². The first-order chi connectivity index (χ1) is 13.5. The van der Waals surface area contributed by atoms with Crippen LogP contribution in [0.25, 0.3) is 0 Å². The maximum atomic E-state index is 13.6. The molecule has 154 valence electrons. The molecule has 0 unspecified atom stereocenters. The molecule has 3 aliphatic rings. The normalized spacial score (nSPS) is 22.2. The van der Waals surface area contributed by atoms with Crippen LogP contribution in [-0.4, -0.2) is 59.2 Å². The van der Waals surface area contributed by atoms with E-state index in [1.54, 1.807) is 0 Å². The third-order valence-corrected chi connectivity index (χ3v) is 10.3. The minimum absolute atomic E-state index is 0.117. The Bertz CT molecular complexity index is 657. The summed E-state index contributed by atoms with van der Waals surface area (Å²) in [5, 5.41) is 0. The van der Waals surface area contributed by atoms with Crippen molar-refractivity contribution in [2.45, 2.75) is 59.3 Å². The molecule has 0 aromatic heterocycles. The van der Waals surface area contributed by atoms with E-state index in [9.17, 15) is 4.79 Å². The van der Waals surface area contributed by atoms with Gasteiger partial charge in [-0.25, -0.2) is 9.32 Å². The second kappa shape index (κ2) is 8.39. The summed E-state index contributed by atoms with van der Waals surface area (Å²) in [4.78, 5) is 13.6. The molecule has 0 saturated carbocycles. The molecule has 4 rings (SSSR count). The van der Waals surface area contributed by atoms with Crippen LogP contribution in [-0.2, 0) is 4.52 Å². The maximum Gasteiger partial charge on any atom is 0.423 e. The van der Waals surface area contributed by atoms with Crippen molar-refractivity contribution in [1.82, 2.24) is 14.0 Å². The Hall–Kier alpha value is -1.00. The highest BCUT2D eigenvalue weighted by Crippen LogP contribution is 2.71. The van der Waals surface area contributed by atoms with Crippen LogP contribution in [0.1, 0.15) is 65.6 Å². The van der Waals surface area contributed by atoms with Crippen molar-refractivity contribution in [3.05, 3.63) is 34.4 Å². The number of rotatable bonds is 5. The van der Waals surface area contributed by atoms with E-state index in [1.807, 2.05) is 13.8 Å². The summed E-state index contributed by atoms with van der Waals surface area (Å²) in [5.41, 5.74) is 4.04. The average molecular weight is 405 g/mol. The molecule has 0 bridgehead atoms. The van der Waals surface area contributed by atoms with Gasteiger partial charge in [0.05, 0.1) is 5.56 Å². The number of nitrogens with zero attached hydrogens (tertiary/aromatic N) is 3. The fourth-order valence-electron chi connectivity index (χ4n) is 5.25. The van der Waals surface area contributed by atoms with Crippen LogP contribution in [0, 0.1) is 20.8 Å². The zero-order chi connectivity index (χ0) is 19.7. The Morgan fingerprint density at radius 2 is 1.11 bits per heavy atom. The molecule has 0 aliphatic carbocycles. The fraction of sp³-hybridized carbons (Fsp3) is 0.682. The van der Waals surface area contributed by atoms with Crippen LogP contribution in [0.5, 0.6) is 0 Å². The van der Waals surface area contributed by atoms with Gasteiger partial charge < -0.3 is 0 Å². The lowest BCUT2D eigenvalue weighted by Gasteiger charge is -2.40. The van der Waals surface area contributed by atoms with E-state index in [0.717, 1.165) is 56.0 Å². The predicted octanol–water partition coefficient (Wildman–Crippen LogP) is 4.73. The van der Waals surface area contributed by atoms with E-state index in [4.69, 9.17) is 4.52 Å². The summed E-state index contributed by atoms with van der Waals surface area (Å²) < 4.78 is 14.4. The van der Waals surface area contributed by atoms with Crippen molar-refractivity contribution in [3.63, 3.8) is 0 Å². The molecule has 3 saturated heterocycles. The van der Waals surface area contributed by atoms with Crippen molar-refractivity contribution < 1.29 is 9.32 Å². The number of carbonyl (C=O) groups is 1. The molecule has 5 nitrogen and oxygen atoms in total. The Morgan fingerprint density at radius 1 is 0.750 bits per heavy atom. The van der Waals surface area contributed by atoms with E-state index < -0.39 is 7.94 Å². The minimum atomic E-state index is -2.26. The first-order valence-corrected chi connectivity index (χ1v) is 12.6. The molecule has 1 aromatic carbocycles. The van der Waals surface area contributed by atoms with Crippen molar-refractivity contribution in [2.75, 3.05) is 39.3 Å². The van der Waals surface area contributed by atoms with E-state index in [0.29, 0.717) is 0 Å². The first kappa shape index (κ1) is 20.3. The molecule has 3 heterocycles. The van der Waals surface area contributed by atoms with E-state index in [-0.39, 0.29) is 5.97 Å². The lowest BCUT2D eigenvalue weighted by atomic mass is 10.0. The molecule has 3 aliphatic heterocycles. The van der Waals surface area contributed by atoms with Crippen molar-refractivity contribution in [3.8, 4) is 0 Å². The lowest BCUT2D eigenvalue weighted by molar-refractivity contribution is 0.0687. The van der Waals surface area contributed by atoms with Gasteiger partial charge in [-0.3, -0.25) is 0 Å². The standard InChI is InChI=1S/C22H35N3O2P/c1-18-16-19(2)21(20(3)17-18)22(26)27-28(23-10-4-5-11-23,24-12-6-7-13-24)25-14-8-9-15-25/h16-17H,4-15H2,1-3H3/q+1. The highest BCUT2D eigenvalue weighted by Gasteiger charge is 2.63. The number of benzene rings is 1. The van der Waals surface area contributed by atoms with Crippen molar-refractivity contribution in [1.29, 1.82) is 0 Å². The van der Waals surface area contributed by atoms with Crippen LogP contribution in [0.3, 0.4) is 0 Å². The second-order valence-electron chi connectivity index (χ2n) is 8.65. The van der Waals surface area contributed by atoms with Gasteiger partial charge in [0.25, 0.3) is 0 Å². The third-order valence-electron chi connectivity index (χ3n) is 6.44. The molecule has 28 heavy (non-hydrogen) atoms. The zero-order valence-electron chi connectivity index (χ0n) is 17.7. The molecule has 0 spiro atoms. The fourth-order valence-corrected chi connectivity index (χ4v) is 9.40. The largest absolute Gasteiger partial charge is 0.423 e. The van der Waals surface area contributed by atoms with Crippen LogP contribution in [0.4, 0.5) is 0 Å². The monoisotopic (exact) mass is 404 g/mol. The summed E-state index contributed by atoms with van der Waals surface area (Å²) in [6.07, 6.45) is 7.27. The molecular formula is C22H35N3O2P+. The molecular weight excluding hydrogens is 369 g/mol. The summed E-state index contributed by atoms with van der Waals surface area (Å²) in [5.74, 6) is -0.117. The summed E-state index contributed by atoms with van der Waals surface area (Å²) >= 11 is 0. The van der Waals surface area contributed by atoms with Gasteiger partial charge in [0, 0.05) is 39.3 Å². The van der Waals surface area contributed by atoms with Gasteiger partial charge in [-0.2, -0.15) is 0 Å². The highest BCUT2D eigenvalue weighted by molar-refractivity contribution is 7.64. The van der Waals surface area contributed by atoms with Gasteiger partial charge in [0.1, 0.15) is 0 Å². The third kappa shape index (κ3) is 3.63. The summed E-state index contributed by atoms with van der Waals surface area (Å²) in [6, 6.07) is 4.20. The molecule has 6 heteroatoms. The van der Waals surface area contributed by atoms with Crippen LogP contribution < -0.4 is 0 Å².